The summed E-state index contributed by atoms with van der Waals surface area (Å²) in [5.41, 5.74) is 25.4. The molecule has 5 aliphatic rings. The van der Waals surface area contributed by atoms with Gasteiger partial charge in [-0.2, -0.15) is 15.0 Å². The van der Waals surface area contributed by atoms with E-state index in [1.807, 2.05) is 0 Å². The topological polar surface area (TPSA) is 665 Å². The number of alkyl halides is 3. The SMILES string of the molecule is CC[C@H]1O[C@@H](n2cnc3c(N)ncnc32)[C@@H](F)C1OP(=O)(O)OC[C@H]1O[C@@H](n2ccc(N)nc2=O)[C@@H](OC)C1OP(=O)(O)OC[C@H]1O[C@@H](n2ccc(N)nc2=O)[C@@H](F)C1OP(=O)(O)OC[C@H]1O[C@@H](n2ccc(N)nc2=O)[C@@H](OC)C1OP(=O)(O)OC[C@H]1O[C@@H](n2cnc3c(N)ncnc32)[C@@H](F)C1OP(=O)(O)OC. The summed E-state index contributed by atoms with van der Waals surface area (Å²) in [7, 11) is -25.4. The lowest BCUT2D eigenvalue weighted by molar-refractivity contribution is -0.0672. The molecule has 7 aromatic rings. The monoisotopic (exact) mass is 1640 g/mol. The van der Waals surface area contributed by atoms with Crippen LogP contribution in [0.4, 0.5) is 42.3 Å². The van der Waals surface area contributed by atoms with Gasteiger partial charge >= 0.3 is 56.2 Å². The van der Waals surface area contributed by atoms with Crippen LogP contribution in [0.25, 0.3) is 22.3 Å². The van der Waals surface area contributed by atoms with Crippen molar-refractivity contribution >= 4 is 90.5 Å². The van der Waals surface area contributed by atoms with E-state index in [0.717, 1.165) is 102 Å². The van der Waals surface area contributed by atoms with Gasteiger partial charge in [0, 0.05) is 39.9 Å². The average molecular weight is 1640 g/mol. The van der Waals surface area contributed by atoms with E-state index in [0.29, 0.717) is 4.57 Å². The maximum Gasteiger partial charge on any atom is 0.472 e. The molecule has 0 aromatic carbocycles. The number of phosphoric acid groups is 5. The predicted octanol–water partition coefficient (Wildman–Crippen LogP) is -0.570. The van der Waals surface area contributed by atoms with Gasteiger partial charge in [0.15, 0.2) is 72.6 Å². The summed E-state index contributed by atoms with van der Waals surface area (Å²) in [6.07, 6.45) is -32.9. The number of nitrogens with two attached hydrogens (primary N) is 5. The lowest BCUT2D eigenvalue weighted by atomic mass is 10.1. The minimum absolute atomic E-state index is 0.00392. The molecule has 0 amide bonds. The molecule has 57 heteroatoms. The zero-order valence-corrected chi connectivity index (χ0v) is 60.3. The molecule has 7 aromatic heterocycles. The summed E-state index contributed by atoms with van der Waals surface area (Å²) >= 11 is 0. The number of ether oxygens (including phenoxy) is 7. The number of aromatic nitrogens is 14. The fourth-order valence-electron chi connectivity index (χ4n) is 12.2. The summed E-state index contributed by atoms with van der Waals surface area (Å²) < 4.78 is 217. The zero-order valence-electron chi connectivity index (χ0n) is 55.8. The van der Waals surface area contributed by atoms with Gasteiger partial charge in [-0.05, 0) is 24.6 Å². The van der Waals surface area contributed by atoms with Crippen LogP contribution in [0.1, 0.15) is 44.5 Å². The van der Waals surface area contributed by atoms with Crippen molar-refractivity contribution in [3.05, 3.63) is 93.6 Å². The summed E-state index contributed by atoms with van der Waals surface area (Å²) in [5, 5.41) is 0. The number of anilines is 5. The first kappa shape index (κ1) is 80.3. The number of nitrogens with zero attached hydrogens (tertiary/aromatic N) is 14. The smallest absolute Gasteiger partial charge is 0.383 e. The molecule has 592 valence electrons. The van der Waals surface area contributed by atoms with Crippen molar-refractivity contribution in [2.24, 2.45) is 0 Å². The Morgan fingerprint density at radius 1 is 0.417 bits per heavy atom. The van der Waals surface area contributed by atoms with Gasteiger partial charge in [0.05, 0.1) is 45.2 Å². The van der Waals surface area contributed by atoms with E-state index in [-0.39, 0.29) is 57.8 Å². The molecule has 0 saturated carbocycles. The maximum absolute atomic E-state index is 17.2. The van der Waals surface area contributed by atoms with Gasteiger partial charge in [-0.25, -0.2) is 80.3 Å². The minimum Gasteiger partial charge on any atom is -0.383 e. The fraction of sp³-hybridized carbons (Fsp3) is 0.569. The van der Waals surface area contributed by atoms with Crippen molar-refractivity contribution in [2.45, 2.75) is 136 Å². The molecule has 0 aliphatic carbocycles. The van der Waals surface area contributed by atoms with Crippen LogP contribution in [0.15, 0.2) is 76.5 Å². The van der Waals surface area contributed by atoms with Crippen LogP contribution in [0.2, 0.25) is 0 Å². The quantitative estimate of drug-likeness (QED) is 0.0243. The van der Waals surface area contributed by atoms with E-state index in [1.165, 1.54) is 0 Å². The highest BCUT2D eigenvalue weighted by atomic mass is 31.2. The summed E-state index contributed by atoms with van der Waals surface area (Å²) in [6.45, 7) is -3.64. The summed E-state index contributed by atoms with van der Waals surface area (Å²) in [4.78, 5) is 130. The molecule has 12 rings (SSSR count). The largest absolute Gasteiger partial charge is 0.472 e. The second kappa shape index (κ2) is 31.9. The van der Waals surface area contributed by atoms with Crippen LogP contribution in [0.3, 0.4) is 0 Å². The van der Waals surface area contributed by atoms with Crippen LogP contribution in [-0.2, 0) is 101 Å². The van der Waals surface area contributed by atoms with Gasteiger partial charge in [0.1, 0.15) is 108 Å². The molecule has 108 heavy (non-hydrogen) atoms. The lowest BCUT2D eigenvalue weighted by Crippen LogP contribution is -2.39. The highest BCUT2D eigenvalue weighted by Crippen LogP contribution is 2.57. The van der Waals surface area contributed by atoms with Crippen molar-refractivity contribution in [1.29, 1.82) is 0 Å². The number of nitrogen functional groups attached to an aromatic ring is 5. The second-order valence-corrected chi connectivity index (χ2v) is 31.0. The van der Waals surface area contributed by atoms with E-state index < -0.39 is 206 Å². The Balaban J connectivity index is 0.766. The zero-order chi connectivity index (χ0) is 77.9. The Labute approximate surface area is 601 Å². The Morgan fingerprint density at radius 3 is 1.05 bits per heavy atom. The minimum atomic E-state index is -5.96. The van der Waals surface area contributed by atoms with Gasteiger partial charge in [0.25, 0.3) is 0 Å². The number of rotatable bonds is 31. The fourth-order valence-corrected chi connectivity index (χ4v) is 16.7. The van der Waals surface area contributed by atoms with Crippen molar-refractivity contribution in [1.82, 2.24) is 67.7 Å². The molecule has 0 bridgehead atoms. The third-order valence-electron chi connectivity index (χ3n) is 17.1. The summed E-state index contributed by atoms with van der Waals surface area (Å²) in [5.74, 6) is -1.14. The highest BCUT2D eigenvalue weighted by Gasteiger charge is 2.58. The number of imidazole rings is 2. The lowest BCUT2D eigenvalue weighted by Gasteiger charge is -2.27. The van der Waals surface area contributed by atoms with E-state index in [1.54, 1.807) is 6.92 Å². The first-order chi connectivity index (χ1) is 51.0. The van der Waals surface area contributed by atoms with Crippen LogP contribution in [-0.4, -0.2) is 232 Å². The van der Waals surface area contributed by atoms with E-state index in [4.69, 9.17) is 103 Å². The molecule has 0 radical (unpaired) electrons. The number of hydrogen-bond acceptors (Lipinski definition) is 39. The number of halogens is 3. The van der Waals surface area contributed by atoms with Crippen LogP contribution >= 0.6 is 39.1 Å². The molecular weight excluding hydrogens is 1570 g/mol. The number of methoxy groups -OCH3 is 2. The van der Waals surface area contributed by atoms with Crippen molar-refractivity contribution < 1.29 is 139 Å². The first-order valence-electron chi connectivity index (χ1n) is 31.4. The Kier molecular flexibility index (Phi) is 23.7. The Hall–Kier alpha value is -7.20. The highest BCUT2D eigenvalue weighted by molar-refractivity contribution is 7.48. The number of hydrogen-bond donors (Lipinski definition) is 10. The van der Waals surface area contributed by atoms with Gasteiger partial charge in [-0.1, -0.05) is 6.92 Å². The molecule has 5 saturated heterocycles. The molecule has 12 heterocycles. The first-order valence-corrected chi connectivity index (χ1v) is 38.9. The van der Waals surface area contributed by atoms with Crippen LogP contribution in [0, 0.1) is 0 Å². The van der Waals surface area contributed by atoms with Crippen molar-refractivity contribution in [3.8, 4) is 0 Å². The van der Waals surface area contributed by atoms with Gasteiger partial charge in [-0.15, -0.1) is 0 Å². The van der Waals surface area contributed by atoms with Crippen LogP contribution in [0.5, 0.6) is 0 Å². The molecule has 5 fully saturated rings. The van der Waals surface area contributed by atoms with Gasteiger partial charge < -0.3 is 86.3 Å². The molecule has 15 N–H and O–H groups in total. The van der Waals surface area contributed by atoms with Crippen LogP contribution < -0.4 is 45.7 Å². The third-order valence-corrected chi connectivity index (χ3v) is 22.0. The average Bonchev–Trinajstić information content (AvgIpc) is 1.64. The maximum atomic E-state index is 17.2. The summed E-state index contributed by atoms with van der Waals surface area (Å²) in [6, 6.07) is 3.25. The molecule has 10 unspecified atom stereocenters. The van der Waals surface area contributed by atoms with E-state index in [2.05, 4.69) is 49.4 Å². The second-order valence-electron chi connectivity index (χ2n) is 23.8. The van der Waals surface area contributed by atoms with Crippen molar-refractivity contribution in [3.63, 3.8) is 0 Å². The Bertz CT molecular complexity index is 4890. The Morgan fingerprint density at radius 2 is 0.713 bits per heavy atom. The van der Waals surface area contributed by atoms with Crippen molar-refractivity contribution in [2.75, 3.05) is 76.4 Å². The number of phosphoric ester groups is 5. The van der Waals surface area contributed by atoms with E-state index >= 15 is 13.2 Å². The van der Waals surface area contributed by atoms with Gasteiger partial charge in [-0.3, -0.25) is 68.1 Å². The molecule has 5 aliphatic heterocycles. The molecule has 49 nitrogen and oxygen atoms in total. The predicted molar refractivity (Wildman–Crippen MR) is 349 cm³/mol. The number of fused-ring (bicyclic) bond motifs is 2. The normalized spacial score (nSPS) is 32.3. The van der Waals surface area contributed by atoms with E-state index in [9.17, 15) is 61.7 Å². The van der Waals surface area contributed by atoms with Gasteiger partial charge in [0.2, 0.25) is 0 Å². The third kappa shape index (κ3) is 17.0. The molecule has 0 spiro atoms. The standard InChI is InChI=1S/C51H67F3N19O30P5/c1-5-20-33(28(52)45(94-20)72-18-64-31-40(58)60-16-62-42(31)72)100-105(79,80)92-14-23-36(38(87-2)47(97-23)70-10-7-26(56)67-50(70)75)103-108(85,86)91-13-22-35(29(53)44(95-22)69-9-6-25(55)66-49(69)74)101-106(81,82)93-15-24-37(39(88-3)48(98-24)71-11-8-27(57)68-51(71)76)102-107(83,84)90-12-21-34(99-104(77,78)89-4)30(54)46(96-21)73-19-65-32-41(59)61-17-63-43(32)73/h6-11,16-24,28-30,33-39,44-48H,5,12-15H2,1-4H3,(H,77,78)(H,79,80)(H,81,82)(H,83,84)(H,85,86)(H2,55,66,74)(H2,56,67,75)(H2,57,68,76)(H2,58,60,62)(H2,59,61,63)/t20-,21-,22-,23-,24-,28+,29+,30+,33?,34?,35?,36?,37?,38+,39+,44-,45-,46-,47-,48-/m1/s1. The molecular formula is C51H67F3N19O30P5. The molecule has 25 atom stereocenters.